The lowest BCUT2D eigenvalue weighted by Gasteiger charge is -2.01. The van der Waals surface area contributed by atoms with Crippen LogP contribution in [0, 0.1) is 5.92 Å². The van der Waals surface area contributed by atoms with Gasteiger partial charge in [0.25, 0.3) is 0 Å². The first-order valence-electron chi connectivity index (χ1n) is 2.62. The van der Waals surface area contributed by atoms with Gasteiger partial charge < -0.3 is 5.73 Å². The summed E-state index contributed by atoms with van der Waals surface area (Å²) >= 11 is 4.09. The molecule has 0 aromatic heterocycles. The highest BCUT2D eigenvalue weighted by Crippen LogP contribution is 2.00. The standard InChI is InChI=1S/C5H13NS/c1-5(4-7)2-3-6/h5,7H,2-4,6H2,1H3. The lowest BCUT2D eigenvalue weighted by molar-refractivity contribution is 0.607. The van der Waals surface area contributed by atoms with E-state index in [1.807, 2.05) is 0 Å². The SMILES string of the molecule is CC(CS)CCN. The Hall–Kier alpha value is 0.310. The van der Waals surface area contributed by atoms with E-state index in [4.69, 9.17) is 5.73 Å². The van der Waals surface area contributed by atoms with Gasteiger partial charge in [-0.25, -0.2) is 0 Å². The zero-order valence-corrected chi connectivity index (χ0v) is 5.62. The van der Waals surface area contributed by atoms with Gasteiger partial charge in [-0.05, 0) is 24.6 Å². The summed E-state index contributed by atoms with van der Waals surface area (Å²) in [7, 11) is 0. The highest BCUT2D eigenvalue weighted by atomic mass is 32.1. The Kier molecular flexibility index (Phi) is 4.67. The smallest absolute Gasteiger partial charge is 0.00717 e. The van der Waals surface area contributed by atoms with Gasteiger partial charge >= 0.3 is 0 Å². The van der Waals surface area contributed by atoms with Crippen molar-refractivity contribution in [3.8, 4) is 0 Å². The molecule has 0 heterocycles. The molecule has 0 amide bonds. The molecular weight excluding hydrogens is 106 g/mol. The number of hydrogen-bond acceptors (Lipinski definition) is 2. The van der Waals surface area contributed by atoms with Crippen LogP contribution in [0.25, 0.3) is 0 Å². The first-order chi connectivity index (χ1) is 3.31. The summed E-state index contributed by atoms with van der Waals surface area (Å²) < 4.78 is 0. The van der Waals surface area contributed by atoms with E-state index in [2.05, 4.69) is 19.6 Å². The van der Waals surface area contributed by atoms with E-state index < -0.39 is 0 Å². The molecule has 0 rings (SSSR count). The molecule has 0 saturated carbocycles. The van der Waals surface area contributed by atoms with Gasteiger partial charge in [-0.1, -0.05) is 6.92 Å². The molecule has 1 unspecified atom stereocenters. The van der Waals surface area contributed by atoms with Crippen LogP contribution in [0.2, 0.25) is 0 Å². The topological polar surface area (TPSA) is 26.0 Å². The summed E-state index contributed by atoms with van der Waals surface area (Å²) in [5.74, 6) is 1.64. The summed E-state index contributed by atoms with van der Waals surface area (Å²) in [6.07, 6.45) is 1.10. The monoisotopic (exact) mass is 119 g/mol. The van der Waals surface area contributed by atoms with Gasteiger partial charge in [-0.2, -0.15) is 12.6 Å². The molecule has 0 aliphatic heterocycles. The van der Waals surface area contributed by atoms with Crippen LogP contribution in [-0.4, -0.2) is 12.3 Å². The quantitative estimate of drug-likeness (QED) is 0.530. The van der Waals surface area contributed by atoms with Gasteiger partial charge in [0.05, 0.1) is 0 Å². The van der Waals surface area contributed by atoms with E-state index in [0.717, 1.165) is 18.7 Å². The minimum Gasteiger partial charge on any atom is -0.330 e. The van der Waals surface area contributed by atoms with Gasteiger partial charge in [0.2, 0.25) is 0 Å². The fourth-order valence-electron chi connectivity index (χ4n) is 0.376. The van der Waals surface area contributed by atoms with Crippen molar-refractivity contribution in [2.24, 2.45) is 11.7 Å². The minimum absolute atomic E-state index is 0.688. The third-order valence-corrected chi connectivity index (χ3v) is 1.59. The minimum atomic E-state index is 0.688. The second-order valence-electron chi connectivity index (χ2n) is 1.87. The molecule has 7 heavy (non-hydrogen) atoms. The molecule has 0 fully saturated rings. The van der Waals surface area contributed by atoms with Crippen molar-refractivity contribution in [1.82, 2.24) is 0 Å². The molecular formula is C5H13NS. The molecule has 44 valence electrons. The van der Waals surface area contributed by atoms with Crippen LogP contribution in [0.15, 0.2) is 0 Å². The number of hydrogen-bond donors (Lipinski definition) is 2. The maximum atomic E-state index is 5.27. The van der Waals surface area contributed by atoms with Crippen molar-refractivity contribution in [2.45, 2.75) is 13.3 Å². The molecule has 1 atom stereocenters. The molecule has 0 spiro atoms. The van der Waals surface area contributed by atoms with E-state index in [-0.39, 0.29) is 0 Å². The van der Waals surface area contributed by atoms with E-state index >= 15 is 0 Å². The molecule has 0 saturated heterocycles. The van der Waals surface area contributed by atoms with Crippen molar-refractivity contribution in [2.75, 3.05) is 12.3 Å². The Morgan fingerprint density at radius 1 is 1.71 bits per heavy atom. The van der Waals surface area contributed by atoms with Crippen molar-refractivity contribution < 1.29 is 0 Å². The lowest BCUT2D eigenvalue weighted by atomic mass is 10.1. The van der Waals surface area contributed by atoms with Crippen molar-refractivity contribution >= 4 is 12.6 Å². The average molecular weight is 119 g/mol. The number of thiol groups is 1. The Morgan fingerprint density at radius 2 is 2.29 bits per heavy atom. The Morgan fingerprint density at radius 3 is 2.43 bits per heavy atom. The van der Waals surface area contributed by atoms with Gasteiger partial charge in [0.15, 0.2) is 0 Å². The molecule has 0 bridgehead atoms. The van der Waals surface area contributed by atoms with Crippen molar-refractivity contribution in [1.29, 1.82) is 0 Å². The Balaban J connectivity index is 2.83. The fraction of sp³-hybridized carbons (Fsp3) is 1.00. The van der Waals surface area contributed by atoms with Gasteiger partial charge in [0, 0.05) is 0 Å². The zero-order valence-electron chi connectivity index (χ0n) is 4.72. The predicted molar refractivity (Wildman–Crippen MR) is 36.7 cm³/mol. The third-order valence-electron chi connectivity index (χ3n) is 0.971. The van der Waals surface area contributed by atoms with E-state index in [0.29, 0.717) is 5.92 Å². The Bertz CT molecular complexity index is 39.1. The second-order valence-corrected chi connectivity index (χ2v) is 2.23. The summed E-state index contributed by atoms with van der Waals surface area (Å²) in [6, 6.07) is 0. The maximum absolute atomic E-state index is 5.27. The average Bonchev–Trinajstić information content (AvgIpc) is 1.68. The normalized spacial score (nSPS) is 14.1. The summed E-state index contributed by atoms with van der Waals surface area (Å²) in [5, 5.41) is 0. The molecule has 1 nitrogen and oxygen atoms in total. The third kappa shape index (κ3) is 4.16. The molecule has 2 heteroatoms. The van der Waals surface area contributed by atoms with Crippen LogP contribution in [0.5, 0.6) is 0 Å². The number of nitrogens with two attached hydrogens (primary N) is 1. The second kappa shape index (κ2) is 4.47. The number of rotatable bonds is 3. The van der Waals surface area contributed by atoms with Crippen LogP contribution >= 0.6 is 12.6 Å². The first kappa shape index (κ1) is 7.31. The summed E-state index contributed by atoms with van der Waals surface area (Å²) in [4.78, 5) is 0. The molecule has 0 aliphatic carbocycles. The lowest BCUT2D eigenvalue weighted by Crippen LogP contribution is -2.06. The molecule has 0 aromatic carbocycles. The van der Waals surface area contributed by atoms with Crippen LogP contribution in [0.4, 0.5) is 0 Å². The van der Waals surface area contributed by atoms with Crippen LogP contribution in [-0.2, 0) is 0 Å². The largest absolute Gasteiger partial charge is 0.330 e. The molecule has 0 aromatic rings. The van der Waals surface area contributed by atoms with Crippen molar-refractivity contribution in [3.05, 3.63) is 0 Å². The van der Waals surface area contributed by atoms with Gasteiger partial charge in [-0.3, -0.25) is 0 Å². The van der Waals surface area contributed by atoms with Crippen molar-refractivity contribution in [3.63, 3.8) is 0 Å². The van der Waals surface area contributed by atoms with Crippen LogP contribution in [0.1, 0.15) is 13.3 Å². The Labute approximate surface area is 50.7 Å². The van der Waals surface area contributed by atoms with Crippen LogP contribution in [0.3, 0.4) is 0 Å². The van der Waals surface area contributed by atoms with Gasteiger partial charge in [-0.15, -0.1) is 0 Å². The van der Waals surface area contributed by atoms with E-state index in [1.54, 1.807) is 0 Å². The molecule has 0 radical (unpaired) electrons. The van der Waals surface area contributed by atoms with E-state index in [1.165, 1.54) is 0 Å². The first-order valence-corrected chi connectivity index (χ1v) is 3.25. The van der Waals surface area contributed by atoms with E-state index in [9.17, 15) is 0 Å². The highest BCUT2D eigenvalue weighted by molar-refractivity contribution is 7.80. The molecule has 0 aliphatic rings. The maximum Gasteiger partial charge on any atom is -0.00717 e. The summed E-state index contributed by atoms with van der Waals surface area (Å²) in [6.45, 7) is 2.95. The fourth-order valence-corrected chi connectivity index (χ4v) is 0.558. The predicted octanol–water partition coefficient (Wildman–Crippen LogP) is 0.901. The highest BCUT2D eigenvalue weighted by Gasteiger charge is 1.93. The molecule has 2 N–H and O–H groups in total. The summed E-state index contributed by atoms with van der Waals surface area (Å²) in [5.41, 5.74) is 5.27. The van der Waals surface area contributed by atoms with Crippen LogP contribution < -0.4 is 5.73 Å². The zero-order chi connectivity index (χ0) is 5.70. The van der Waals surface area contributed by atoms with Gasteiger partial charge in [0.1, 0.15) is 0 Å².